The number of carboxylic acids is 1. The van der Waals surface area contributed by atoms with Gasteiger partial charge >= 0.3 is 5.97 Å². The molecule has 1 aromatic carbocycles. The molecule has 1 aliphatic rings. The van der Waals surface area contributed by atoms with Crippen molar-refractivity contribution in [3.05, 3.63) is 28.8 Å². The Balaban J connectivity index is 2.19. The van der Waals surface area contributed by atoms with Crippen LogP contribution in [0, 0.1) is 32.6 Å². The van der Waals surface area contributed by atoms with E-state index in [2.05, 4.69) is 5.32 Å². The zero-order chi connectivity index (χ0) is 15.6. The molecule has 1 fully saturated rings. The predicted molar refractivity (Wildman–Crippen MR) is 82.4 cm³/mol. The third-order valence-electron chi connectivity index (χ3n) is 4.35. The van der Waals surface area contributed by atoms with Crippen LogP contribution in [-0.4, -0.2) is 17.0 Å². The minimum absolute atomic E-state index is 0.155. The molecule has 4 nitrogen and oxygen atoms in total. The molecule has 0 aliphatic heterocycles. The highest BCUT2D eigenvalue weighted by atomic mass is 16.4. The average molecular weight is 289 g/mol. The fourth-order valence-corrected chi connectivity index (χ4v) is 3.33. The summed E-state index contributed by atoms with van der Waals surface area (Å²) in [6.45, 7) is 5.95. The summed E-state index contributed by atoms with van der Waals surface area (Å²) in [6.07, 6.45) is 3.07. The maximum absolute atomic E-state index is 12.5. The zero-order valence-corrected chi connectivity index (χ0v) is 12.9. The molecule has 2 atom stereocenters. The number of carbonyl (C=O) groups excluding carboxylic acids is 1. The second kappa shape index (κ2) is 6.29. The van der Waals surface area contributed by atoms with Crippen LogP contribution >= 0.6 is 0 Å². The van der Waals surface area contributed by atoms with E-state index < -0.39 is 17.8 Å². The second-order valence-electron chi connectivity index (χ2n) is 6.10. The second-order valence-corrected chi connectivity index (χ2v) is 6.10. The lowest BCUT2D eigenvalue weighted by Crippen LogP contribution is -2.36. The predicted octanol–water partition coefficient (Wildman–Crippen LogP) is 3.44. The first-order valence-corrected chi connectivity index (χ1v) is 7.51. The number of carbonyl (C=O) groups is 2. The average Bonchev–Trinajstić information content (AvgIpc) is 2.42. The van der Waals surface area contributed by atoms with Crippen LogP contribution in [-0.2, 0) is 9.59 Å². The summed E-state index contributed by atoms with van der Waals surface area (Å²) in [5, 5.41) is 12.2. The van der Waals surface area contributed by atoms with Gasteiger partial charge in [0.25, 0.3) is 0 Å². The number of aliphatic carboxylic acids is 1. The summed E-state index contributed by atoms with van der Waals surface area (Å²) in [5.41, 5.74) is 4.01. The Morgan fingerprint density at radius 3 is 2.10 bits per heavy atom. The van der Waals surface area contributed by atoms with Crippen LogP contribution < -0.4 is 5.32 Å². The largest absolute Gasteiger partial charge is 0.481 e. The van der Waals surface area contributed by atoms with Gasteiger partial charge in [-0.15, -0.1) is 0 Å². The number of hydrogen-bond acceptors (Lipinski definition) is 2. The highest BCUT2D eigenvalue weighted by Crippen LogP contribution is 2.32. The van der Waals surface area contributed by atoms with Gasteiger partial charge in [0.1, 0.15) is 0 Å². The van der Waals surface area contributed by atoms with Crippen molar-refractivity contribution in [2.75, 3.05) is 5.32 Å². The molecule has 0 saturated heterocycles. The number of rotatable bonds is 3. The van der Waals surface area contributed by atoms with Crippen molar-refractivity contribution in [2.45, 2.75) is 46.5 Å². The van der Waals surface area contributed by atoms with Gasteiger partial charge in [0.2, 0.25) is 5.91 Å². The summed E-state index contributed by atoms with van der Waals surface area (Å²) in [6, 6.07) is 4.05. The van der Waals surface area contributed by atoms with Gasteiger partial charge in [0, 0.05) is 5.69 Å². The minimum Gasteiger partial charge on any atom is -0.481 e. The Morgan fingerprint density at radius 2 is 1.57 bits per heavy atom. The highest BCUT2D eigenvalue weighted by molar-refractivity contribution is 5.96. The number of hydrogen-bond donors (Lipinski definition) is 2. The molecule has 1 aliphatic carbocycles. The Morgan fingerprint density at radius 1 is 1.05 bits per heavy atom. The molecular weight excluding hydrogens is 266 g/mol. The van der Waals surface area contributed by atoms with Crippen molar-refractivity contribution in [2.24, 2.45) is 11.8 Å². The number of anilines is 1. The molecule has 4 heteroatoms. The van der Waals surface area contributed by atoms with Gasteiger partial charge in [-0.3, -0.25) is 9.59 Å². The van der Waals surface area contributed by atoms with Crippen molar-refractivity contribution >= 4 is 17.6 Å². The van der Waals surface area contributed by atoms with E-state index in [0.717, 1.165) is 35.2 Å². The SMILES string of the molecule is Cc1cc(C)c(NC(=O)[C@H]2CCCC[C@H]2C(=O)O)c(C)c1. The van der Waals surface area contributed by atoms with Gasteiger partial charge in [-0.2, -0.15) is 0 Å². The van der Waals surface area contributed by atoms with E-state index >= 15 is 0 Å². The van der Waals surface area contributed by atoms with E-state index in [4.69, 9.17) is 0 Å². The number of nitrogens with one attached hydrogen (secondary N) is 1. The van der Waals surface area contributed by atoms with Gasteiger partial charge in [-0.25, -0.2) is 0 Å². The summed E-state index contributed by atoms with van der Waals surface area (Å²) in [4.78, 5) is 23.8. The monoisotopic (exact) mass is 289 g/mol. The van der Waals surface area contributed by atoms with Crippen LogP contribution in [0.4, 0.5) is 5.69 Å². The number of aryl methyl sites for hydroxylation is 3. The first kappa shape index (κ1) is 15.5. The van der Waals surface area contributed by atoms with Crippen molar-refractivity contribution in [3.63, 3.8) is 0 Å². The Bertz CT molecular complexity index is 542. The molecule has 1 amide bonds. The maximum atomic E-state index is 12.5. The van der Waals surface area contributed by atoms with E-state index in [1.165, 1.54) is 0 Å². The third kappa shape index (κ3) is 3.43. The van der Waals surface area contributed by atoms with E-state index in [1.54, 1.807) is 0 Å². The van der Waals surface area contributed by atoms with Crippen LogP contribution in [0.25, 0.3) is 0 Å². The zero-order valence-electron chi connectivity index (χ0n) is 12.9. The molecular formula is C17H23NO3. The van der Waals surface area contributed by atoms with E-state index in [0.29, 0.717) is 12.8 Å². The first-order valence-electron chi connectivity index (χ1n) is 7.51. The molecule has 114 valence electrons. The lowest BCUT2D eigenvalue weighted by atomic mass is 9.78. The van der Waals surface area contributed by atoms with Gasteiger partial charge in [0.05, 0.1) is 11.8 Å². The van der Waals surface area contributed by atoms with Crippen LogP contribution in [0.5, 0.6) is 0 Å². The van der Waals surface area contributed by atoms with Gasteiger partial charge in [-0.05, 0) is 44.7 Å². The maximum Gasteiger partial charge on any atom is 0.307 e. The number of benzene rings is 1. The molecule has 2 rings (SSSR count). The van der Waals surface area contributed by atoms with Crippen molar-refractivity contribution in [1.29, 1.82) is 0 Å². The molecule has 0 radical (unpaired) electrons. The molecule has 2 N–H and O–H groups in total. The molecule has 0 spiro atoms. The Hall–Kier alpha value is -1.84. The molecule has 21 heavy (non-hydrogen) atoms. The molecule has 0 unspecified atom stereocenters. The van der Waals surface area contributed by atoms with Gasteiger partial charge in [0.15, 0.2) is 0 Å². The van der Waals surface area contributed by atoms with Crippen molar-refractivity contribution in [1.82, 2.24) is 0 Å². The summed E-state index contributed by atoms with van der Waals surface area (Å²) in [7, 11) is 0. The van der Waals surface area contributed by atoms with E-state index in [9.17, 15) is 14.7 Å². The first-order chi connectivity index (χ1) is 9.90. The molecule has 0 bridgehead atoms. The molecule has 1 saturated carbocycles. The molecule has 0 aromatic heterocycles. The number of amides is 1. The van der Waals surface area contributed by atoms with Crippen molar-refractivity contribution < 1.29 is 14.7 Å². The summed E-state index contributed by atoms with van der Waals surface area (Å²) >= 11 is 0. The minimum atomic E-state index is -0.854. The van der Waals surface area contributed by atoms with Crippen LogP contribution in [0.3, 0.4) is 0 Å². The topological polar surface area (TPSA) is 66.4 Å². The lowest BCUT2D eigenvalue weighted by molar-refractivity contribution is -0.147. The van der Waals surface area contributed by atoms with E-state index in [1.807, 2.05) is 32.9 Å². The van der Waals surface area contributed by atoms with Gasteiger partial charge < -0.3 is 10.4 Å². The normalized spacial score (nSPS) is 21.9. The highest BCUT2D eigenvalue weighted by Gasteiger charge is 2.35. The van der Waals surface area contributed by atoms with Crippen LogP contribution in [0.2, 0.25) is 0 Å². The Labute approximate surface area is 125 Å². The Kier molecular flexibility index (Phi) is 4.66. The fraction of sp³-hybridized carbons (Fsp3) is 0.529. The van der Waals surface area contributed by atoms with E-state index in [-0.39, 0.29) is 5.91 Å². The lowest BCUT2D eigenvalue weighted by Gasteiger charge is -2.28. The molecule has 1 aromatic rings. The quantitative estimate of drug-likeness (QED) is 0.895. The van der Waals surface area contributed by atoms with Crippen molar-refractivity contribution in [3.8, 4) is 0 Å². The smallest absolute Gasteiger partial charge is 0.307 e. The fourth-order valence-electron chi connectivity index (χ4n) is 3.33. The van der Waals surface area contributed by atoms with Crippen LogP contribution in [0.1, 0.15) is 42.4 Å². The number of carboxylic acid groups (broad SMARTS) is 1. The van der Waals surface area contributed by atoms with Gasteiger partial charge in [-0.1, -0.05) is 30.5 Å². The molecule has 0 heterocycles. The van der Waals surface area contributed by atoms with Crippen LogP contribution in [0.15, 0.2) is 12.1 Å². The summed E-state index contributed by atoms with van der Waals surface area (Å²) in [5.74, 6) is -1.98. The standard InChI is InChI=1S/C17H23NO3/c1-10-8-11(2)15(12(3)9-10)18-16(19)13-6-4-5-7-14(13)17(20)21/h8-9,13-14H,4-7H2,1-3H3,(H,18,19)(H,20,21)/t13-,14+/m0/s1. The third-order valence-corrected chi connectivity index (χ3v) is 4.35. The summed E-state index contributed by atoms with van der Waals surface area (Å²) < 4.78 is 0.